The van der Waals surface area contributed by atoms with E-state index in [-0.39, 0.29) is 12.2 Å². The molecule has 19 heavy (non-hydrogen) atoms. The van der Waals surface area contributed by atoms with Gasteiger partial charge in [-0.2, -0.15) is 0 Å². The van der Waals surface area contributed by atoms with Gasteiger partial charge >= 0.3 is 5.97 Å². The van der Waals surface area contributed by atoms with Gasteiger partial charge in [0.15, 0.2) is 0 Å². The molecule has 0 aromatic heterocycles. The molecule has 0 radical (unpaired) electrons. The maximum atomic E-state index is 10.7. The Hall–Kier alpha value is -1.59. The van der Waals surface area contributed by atoms with Gasteiger partial charge in [0, 0.05) is 19.7 Å². The van der Waals surface area contributed by atoms with E-state index in [0.29, 0.717) is 12.4 Å². The molecule has 2 N–H and O–H groups in total. The summed E-state index contributed by atoms with van der Waals surface area (Å²) in [6, 6.07) is 6.38. The summed E-state index contributed by atoms with van der Waals surface area (Å²) >= 11 is 0. The molecule has 5 heteroatoms. The molecule has 0 unspecified atom stereocenters. The summed E-state index contributed by atoms with van der Waals surface area (Å²) in [5.41, 5.74) is 0.255. The summed E-state index contributed by atoms with van der Waals surface area (Å²) in [4.78, 5) is 12.9. The molecule has 106 valence electrons. The van der Waals surface area contributed by atoms with E-state index >= 15 is 0 Å². The molecule has 5 nitrogen and oxygen atoms in total. The third-order valence-corrected chi connectivity index (χ3v) is 2.86. The zero-order valence-corrected chi connectivity index (χ0v) is 11.2. The largest absolute Gasteiger partial charge is 0.492 e. The van der Waals surface area contributed by atoms with Gasteiger partial charge in [-0.3, -0.25) is 0 Å². The number of likely N-dealkylation sites (N-methyl/N-ethyl adjacent to an activating group) is 1. The minimum atomic E-state index is -0.937. The Kier molecular flexibility index (Phi) is 6.92. The van der Waals surface area contributed by atoms with Crippen molar-refractivity contribution < 1.29 is 19.7 Å². The molecule has 0 fully saturated rings. The van der Waals surface area contributed by atoms with Crippen LogP contribution < -0.4 is 4.74 Å². The number of aliphatic hydroxyl groups excluding tert-OH is 1. The highest BCUT2D eigenvalue weighted by Crippen LogP contribution is 2.12. The number of carboxylic acids is 1. The fourth-order valence-corrected chi connectivity index (χ4v) is 1.71. The number of nitrogens with zero attached hydrogens (tertiary/aromatic N) is 1. The molecule has 0 aliphatic rings. The van der Waals surface area contributed by atoms with E-state index in [0.717, 1.165) is 26.1 Å². The zero-order valence-electron chi connectivity index (χ0n) is 11.2. The van der Waals surface area contributed by atoms with Crippen LogP contribution in [-0.4, -0.2) is 53.9 Å². The third-order valence-electron chi connectivity index (χ3n) is 2.86. The first-order valence-electron chi connectivity index (χ1n) is 6.46. The van der Waals surface area contributed by atoms with Crippen molar-refractivity contribution in [3.05, 3.63) is 29.8 Å². The average molecular weight is 267 g/mol. The van der Waals surface area contributed by atoms with E-state index in [1.807, 2.05) is 0 Å². The highest BCUT2D eigenvalue weighted by atomic mass is 16.5. The zero-order chi connectivity index (χ0) is 14.1. The minimum absolute atomic E-state index is 0.202. The second-order valence-corrected chi connectivity index (χ2v) is 4.19. The topological polar surface area (TPSA) is 70.0 Å². The number of hydrogen-bond acceptors (Lipinski definition) is 4. The molecule has 0 saturated heterocycles. The smallest absolute Gasteiger partial charge is 0.335 e. The maximum Gasteiger partial charge on any atom is 0.335 e. The van der Waals surface area contributed by atoms with E-state index < -0.39 is 5.97 Å². The summed E-state index contributed by atoms with van der Waals surface area (Å²) in [6.07, 6.45) is 0.765. The number of benzene rings is 1. The van der Waals surface area contributed by atoms with Crippen molar-refractivity contribution in [1.82, 2.24) is 4.90 Å². The van der Waals surface area contributed by atoms with Gasteiger partial charge in [-0.05, 0) is 37.2 Å². The van der Waals surface area contributed by atoms with E-state index in [2.05, 4.69) is 11.8 Å². The number of carbonyl (C=O) groups is 1. The lowest BCUT2D eigenvalue weighted by Gasteiger charge is -2.19. The summed E-state index contributed by atoms with van der Waals surface area (Å²) < 4.78 is 5.56. The lowest BCUT2D eigenvalue weighted by Crippen LogP contribution is -2.29. The molecule has 1 rings (SSSR count). The molecule has 1 aromatic rings. The van der Waals surface area contributed by atoms with Crippen molar-refractivity contribution in [2.75, 3.05) is 32.8 Å². The Bertz CT molecular complexity index is 378. The van der Waals surface area contributed by atoms with Gasteiger partial charge in [0.25, 0.3) is 0 Å². The molecule has 0 spiro atoms. The van der Waals surface area contributed by atoms with Gasteiger partial charge in [-0.25, -0.2) is 4.79 Å². The first kappa shape index (κ1) is 15.5. The summed E-state index contributed by atoms with van der Waals surface area (Å²) in [7, 11) is 0. The lowest BCUT2D eigenvalue weighted by molar-refractivity contribution is 0.0697. The highest BCUT2D eigenvalue weighted by molar-refractivity contribution is 5.87. The van der Waals surface area contributed by atoms with Crippen molar-refractivity contribution in [2.45, 2.75) is 13.3 Å². The van der Waals surface area contributed by atoms with Gasteiger partial charge in [-0.15, -0.1) is 0 Å². The third kappa shape index (κ3) is 5.72. The van der Waals surface area contributed by atoms with Crippen LogP contribution in [0.3, 0.4) is 0 Å². The van der Waals surface area contributed by atoms with Crippen LogP contribution in [0.1, 0.15) is 23.7 Å². The maximum absolute atomic E-state index is 10.7. The van der Waals surface area contributed by atoms with Crippen LogP contribution in [0, 0.1) is 0 Å². The predicted octanol–water partition coefficient (Wildman–Crippen LogP) is 1.47. The van der Waals surface area contributed by atoms with Crippen LogP contribution in [0.15, 0.2) is 24.3 Å². The van der Waals surface area contributed by atoms with Crippen molar-refractivity contribution in [1.29, 1.82) is 0 Å². The van der Waals surface area contributed by atoms with E-state index in [1.54, 1.807) is 12.1 Å². The van der Waals surface area contributed by atoms with Gasteiger partial charge in [-0.1, -0.05) is 6.92 Å². The van der Waals surface area contributed by atoms with E-state index in [1.165, 1.54) is 12.1 Å². The van der Waals surface area contributed by atoms with Gasteiger partial charge in [0.2, 0.25) is 0 Å². The number of rotatable bonds is 9. The van der Waals surface area contributed by atoms with Crippen LogP contribution in [0.25, 0.3) is 0 Å². The number of carboxylic acid groups (broad SMARTS) is 1. The van der Waals surface area contributed by atoms with Crippen molar-refractivity contribution in [2.24, 2.45) is 0 Å². The molecule has 0 amide bonds. The molecule has 1 aromatic carbocycles. The highest BCUT2D eigenvalue weighted by Gasteiger charge is 2.04. The monoisotopic (exact) mass is 267 g/mol. The first-order chi connectivity index (χ1) is 9.17. The molecule has 0 bridgehead atoms. The Balaban J connectivity index is 2.33. The van der Waals surface area contributed by atoms with Crippen molar-refractivity contribution in [3.8, 4) is 5.75 Å². The molecule has 0 atom stereocenters. The van der Waals surface area contributed by atoms with Crippen LogP contribution in [-0.2, 0) is 0 Å². The number of aliphatic hydroxyl groups is 1. The number of aromatic carboxylic acids is 1. The second kappa shape index (κ2) is 8.50. The Morgan fingerprint density at radius 2 is 1.95 bits per heavy atom. The van der Waals surface area contributed by atoms with Crippen LogP contribution in [0.5, 0.6) is 5.75 Å². The molecule has 0 aliphatic carbocycles. The average Bonchev–Trinajstić information content (AvgIpc) is 2.43. The molecule has 0 heterocycles. The van der Waals surface area contributed by atoms with Gasteiger partial charge < -0.3 is 19.8 Å². The first-order valence-corrected chi connectivity index (χ1v) is 6.46. The summed E-state index contributed by atoms with van der Waals surface area (Å²) in [5, 5.41) is 17.6. The van der Waals surface area contributed by atoms with Crippen LogP contribution in [0.4, 0.5) is 0 Å². The summed E-state index contributed by atoms with van der Waals surface area (Å²) in [6.45, 7) is 5.38. The lowest BCUT2D eigenvalue weighted by atomic mass is 10.2. The SMILES string of the molecule is CCN(CCCO)CCOc1ccc(C(=O)O)cc1. The Labute approximate surface area is 113 Å². The quantitative estimate of drug-likeness (QED) is 0.709. The standard InChI is InChI=1S/C14H21NO4/c1-2-15(8-3-10-16)9-11-19-13-6-4-12(5-7-13)14(17)18/h4-7,16H,2-3,8-11H2,1H3,(H,17,18). The van der Waals surface area contributed by atoms with Crippen molar-refractivity contribution in [3.63, 3.8) is 0 Å². The normalized spacial score (nSPS) is 10.7. The second-order valence-electron chi connectivity index (χ2n) is 4.19. The minimum Gasteiger partial charge on any atom is -0.492 e. The number of ether oxygens (including phenoxy) is 1. The van der Waals surface area contributed by atoms with Gasteiger partial charge in [0.05, 0.1) is 5.56 Å². The number of hydrogen-bond donors (Lipinski definition) is 2. The molecule has 0 saturated carbocycles. The van der Waals surface area contributed by atoms with Crippen molar-refractivity contribution >= 4 is 5.97 Å². The fourth-order valence-electron chi connectivity index (χ4n) is 1.71. The molecular weight excluding hydrogens is 246 g/mol. The molecule has 0 aliphatic heterocycles. The Morgan fingerprint density at radius 3 is 2.47 bits per heavy atom. The molecular formula is C14H21NO4. The fraction of sp³-hybridized carbons (Fsp3) is 0.500. The van der Waals surface area contributed by atoms with E-state index in [4.69, 9.17) is 14.9 Å². The van der Waals surface area contributed by atoms with E-state index in [9.17, 15) is 4.79 Å². The van der Waals surface area contributed by atoms with Crippen LogP contribution in [0.2, 0.25) is 0 Å². The summed E-state index contributed by atoms with van der Waals surface area (Å²) in [5.74, 6) is -0.268. The predicted molar refractivity (Wildman–Crippen MR) is 72.7 cm³/mol. The Morgan fingerprint density at radius 1 is 1.26 bits per heavy atom. The van der Waals surface area contributed by atoms with Crippen LogP contribution >= 0.6 is 0 Å². The van der Waals surface area contributed by atoms with Gasteiger partial charge in [0.1, 0.15) is 12.4 Å².